The minimum atomic E-state index is -0.510. The second-order valence-corrected chi connectivity index (χ2v) is 14.8. The molecule has 2 bridgehead atoms. The zero-order valence-electron chi connectivity index (χ0n) is 24.1. The molecule has 1 N–H and O–H groups in total. The topological polar surface area (TPSA) is 143 Å². The molecule has 3 amide bonds. The standard InChI is InChI=1S/C32H30N4O7S2/c37-22(34-11-2-1-3-12-34)15-43-19-6-4-5-16(13-19)23-24-20-14-21(27(24)44-29-28(23)45-32(40)33-29)26-25(20)30(38)35(31(26)39)17-7-9-18(10-8-17)36(41)42/h4-10,13,20-21,23-27H,1-3,11-12,14-15H2,(H,33,40)/t20?,21?,23-,24?,25?,26?,27?/m1/s1. The Hall–Kier alpha value is -3.97. The van der Waals surface area contributed by atoms with Crippen molar-refractivity contribution in [2.24, 2.45) is 29.6 Å². The summed E-state index contributed by atoms with van der Waals surface area (Å²) in [4.78, 5) is 70.7. The lowest BCUT2D eigenvalue weighted by Gasteiger charge is -2.43. The number of anilines is 1. The molecule has 4 fully saturated rings. The average Bonchev–Trinajstić information content (AvgIpc) is 3.79. The molecule has 11 nitrogen and oxygen atoms in total. The number of hydrogen-bond donors (Lipinski definition) is 1. The predicted octanol–water partition coefficient (Wildman–Crippen LogP) is 4.41. The molecule has 7 atom stereocenters. The number of hydrogen-bond acceptors (Lipinski definition) is 9. The highest BCUT2D eigenvalue weighted by Crippen LogP contribution is 2.68. The van der Waals surface area contributed by atoms with Gasteiger partial charge in [-0.2, -0.15) is 0 Å². The van der Waals surface area contributed by atoms with Crippen LogP contribution in [0.1, 0.15) is 42.0 Å². The number of likely N-dealkylation sites (tertiary alicyclic amines) is 1. The van der Waals surface area contributed by atoms with Crippen molar-refractivity contribution >= 4 is 52.2 Å². The summed E-state index contributed by atoms with van der Waals surface area (Å²) in [6.45, 7) is 1.48. The van der Waals surface area contributed by atoms with Gasteiger partial charge in [0.2, 0.25) is 11.8 Å². The van der Waals surface area contributed by atoms with Gasteiger partial charge < -0.3 is 14.6 Å². The number of non-ortho nitro benzene ring substituents is 1. The minimum Gasteiger partial charge on any atom is -0.484 e. The molecule has 2 saturated carbocycles. The molecule has 6 unspecified atom stereocenters. The van der Waals surface area contributed by atoms with Gasteiger partial charge in [0.1, 0.15) is 5.75 Å². The van der Waals surface area contributed by atoms with Crippen molar-refractivity contribution in [3.8, 4) is 5.75 Å². The summed E-state index contributed by atoms with van der Waals surface area (Å²) in [5, 5.41) is 12.0. The number of piperidine rings is 1. The SMILES string of the molecule is O=C(COc1cccc([C@H]2c3sc(=O)[nH]c3SC3C4CC(C5C(=O)N(c6ccc([N+](=O)[O-])cc6)C(=O)C45)C32)c1)N1CCCCC1. The maximum atomic E-state index is 14.0. The van der Waals surface area contributed by atoms with Gasteiger partial charge in [0.15, 0.2) is 6.61 Å². The molecule has 5 aliphatic rings. The van der Waals surface area contributed by atoms with Crippen molar-refractivity contribution in [2.75, 3.05) is 24.6 Å². The molecule has 2 aliphatic carbocycles. The first-order chi connectivity index (χ1) is 21.8. The highest BCUT2D eigenvalue weighted by molar-refractivity contribution is 8.00. The third-order valence-electron chi connectivity index (χ3n) is 10.3. The van der Waals surface area contributed by atoms with E-state index in [-0.39, 0.29) is 63.8 Å². The van der Waals surface area contributed by atoms with Gasteiger partial charge in [-0.05, 0) is 73.3 Å². The minimum absolute atomic E-state index is 0.0130. The lowest BCUT2D eigenvalue weighted by Crippen LogP contribution is -2.42. The van der Waals surface area contributed by atoms with E-state index >= 15 is 0 Å². The van der Waals surface area contributed by atoms with Crippen LogP contribution in [0.4, 0.5) is 11.4 Å². The van der Waals surface area contributed by atoms with Crippen molar-refractivity contribution < 1.29 is 24.0 Å². The molecule has 13 heteroatoms. The van der Waals surface area contributed by atoms with Crippen LogP contribution in [0.25, 0.3) is 0 Å². The third kappa shape index (κ3) is 4.53. The summed E-state index contributed by atoms with van der Waals surface area (Å²) in [7, 11) is 0. The van der Waals surface area contributed by atoms with Gasteiger partial charge in [-0.15, -0.1) is 11.8 Å². The number of aromatic nitrogens is 1. The van der Waals surface area contributed by atoms with Gasteiger partial charge in [0.05, 0.1) is 27.5 Å². The predicted molar refractivity (Wildman–Crippen MR) is 166 cm³/mol. The molecular weight excluding hydrogens is 617 g/mol. The van der Waals surface area contributed by atoms with E-state index in [1.807, 2.05) is 29.2 Å². The van der Waals surface area contributed by atoms with Crippen LogP contribution in [0.15, 0.2) is 58.4 Å². The molecule has 2 aromatic carbocycles. The number of fused-ring (bicyclic) bond motifs is 9. The van der Waals surface area contributed by atoms with Crippen LogP contribution in [0.5, 0.6) is 5.75 Å². The van der Waals surface area contributed by atoms with E-state index in [9.17, 15) is 29.3 Å². The summed E-state index contributed by atoms with van der Waals surface area (Å²) < 4.78 is 6.00. The normalized spacial score (nSPS) is 29.8. The van der Waals surface area contributed by atoms with Crippen LogP contribution in [-0.4, -0.2) is 57.5 Å². The maximum Gasteiger partial charge on any atom is 0.305 e. The van der Waals surface area contributed by atoms with Crippen LogP contribution < -0.4 is 14.5 Å². The molecule has 3 aliphatic heterocycles. The number of ether oxygens (including phenoxy) is 1. The lowest BCUT2D eigenvalue weighted by atomic mass is 9.68. The van der Waals surface area contributed by atoms with Crippen molar-refractivity contribution in [1.82, 2.24) is 9.88 Å². The molecule has 232 valence electrons. The Bertz CT molecular complexity index is 1780. The Morgan fingerprint density at radius 2 is 1.73 bits per heavy atom. The molecule has 4 heterocycles. The molecule has 8 rings (SSSR count). The van der Waals surface area contributed by atoms with E-state index in [1.54, 1.807) is 11.8 Å². The van der Waals surface area contributed by atoms with Crippen molar-refractivity contribution in [1.29, 1.82) is 0 Å². The number of imide groups is 1. The van der Waals surface area contributed by atoms with Gasteiger partial charge in [-0.1, -0.05) is 23.5 Å². The molecule has 0 spiro atoms. The van der Waals surface area contributed by atoms with Gasteiger partial charge in [-0.3, -0.25) is 34.2 Å². The van der Waals surface area contributed by atoms with Gasteiger partial charge in [-0.25, -0.2) is 0 Å². The second-order valence-electron chi connectivity index (χ2n) is 12.5. The number of nitrogens with one attached hydrogen (secondary N) is 1. The fourth-order valence-electron chi connectivity index (χ4n) is 8.55. The molecule has 2 saturated heterocycles. The number of thioether (sulfide) groups is 1. The zero-order valence-corrected chi connectivity index (χ0v) is 25.8. The Kier molecular flexibility index (Phi) is 6.86. The summed E-state index contributed by atoms with van der Waals surface area (Å²) in [6.07, 6.45) is 3.91. The summed E-state index contributed by atoms with van der Waals surface area (Å²) in [5.74, 6) is -1.18. The van der Waals surface area contributed by atoms with E-state index in [2.05, 4.69) is 4.98 Å². The number of nitro benzene ring substituents is 1. The lowest BCUT2D eigenvalue weighted by molar-refractivity contribution is -0.384. The number of carbonyl (C=O) groups is 3. The van der Waals surface area contributed by atoms with Crippen LogP contribution in [-0.2, 0) is 14.4 Å². The first kappa shape index (κ1) is 28.5. The van der Waals surface area contributed by atoms with Gasteiger partial charge in [0, 0.05) is 41.3 Å². The first-order valence-electron chi connectivity index (χ1n) is 15.3. The van der Waals surface area contributed by atoms with Gasteiger partial charge >= 0.3 is 4.87 Å². The van der Waals surface area contributed by atoms with E-state index in [0.717, 1.165) is 54.2 Å². The average molecular weight is 647 g/mol. The summed E-state index contributed by atoms with van der Waals surface area (Å²) >= 11 is 2.80. The van der Waals surface area contributed by atoms with Crippen LogP contribution in [0.3, 0.4) is 0 Å². The van der Waals surface area contributed by atoms with E-state index < -0.39 is 16.8 Å². The van der Waals surface area contributed by atoms with E-state index in [0.29, 0.717) is 11.4 Å². The largest absolute Gasteiger partial charge is 0.484 e. The Labute approximate surface area is 266 Å². The second kappa shape index (κ2) is 10.8. The van der Waals surface area contributed by atoms with Crippen LogP contribution >= 0.6 is 23.1 Å². The van der Waals surface area contributed by atoms with Crippen LogP contribution in [0.2, 0.25) is 0 Å². The van der Waals surface area contributed by atoms with Crippen LogP contribution in [0, 0.1) is 39.7 Å². The number of H-pyrrole nitrogens is 1. The third-order valence-corrected chi connectivity index (χ3v) is 12.9. The monoisotopic (exact) mass is 646 g/mol. The summed E-state index contributed by atoms with van der Waals surface area (Å²) in [5.41, 5.74) is 1.20. The van der Waals surface area contributed by atoms with Gasteiger partial charge in [0.25, 0.3) is 11.6 Å². The first-order valence-corrected chi connectivity index (χ1v) is 17.0. The number of thiazole rings is 1. The summed E-state index contributed by atoms with van der Waals surface area (Å²) in [6, 6.07) is 13.2. The smallest absolute Gasteiger partial charge is 0.305 e. The fourth-order valence-corrected chi connectivity index (χ4v) is 11.4. The van der Waals surface area contributed by atoms with Crippen molar-refractivity contribution in [3.05, 3.63) is 78.8 Å². The zero-order chi connectivity index (χ0) is 31.0. The van der Waals surface area contributed by atoms with Crippen molar-refractivity contribution in [3.63, 3.8) is 0 Å². The van der Waals surface area contributed by atoms with E-state index in [4.69, 9.17) is 4.74 Å². The number of nitro groups is 1. The van der Waals surface area contributed by atoms with E-state index in [1.165, 1.54) is 40.5 Å². The highest BCUT2D eigenvalue weighted by atomic mass is 32.2. The molecular formula is C32H30N4O7S2. The number of amides is 3. The molecule has 0 radical (unpaired) electrons. The number of rotatable bonds is 6. The quantitative estimate of drug-likeness (QED) is 0.236. The number of benzene rings is 2. The molecule has 1 aromatic heterocycles. The molecule has 3 aromatic rings. The Balaban J connectivity index is 1.10. The molecule has 45 heavy (non-hydrogen) atoms. The van der Waals surface area contributed by atoms with Crippen molar-refractivity contribution in [2.45, 2.75) is 41.9 Å². The maximum absolute atomic E-state index is 14.0. The number of nitrogens with zero attached hydrogens (tertiary/aromatic N) is 3. The number of aromatic amines is 1. The fraction of sp³-hybridized carbons (Fsp3) is 0.438. The Morgan fingerprint density at radius 3 is 2.47 bits per heavy atom. The number of carbonyl (C=O) groups excluding carboxylic acids is 3. The highest BCUT2D eigenvalue weighted by Gasteiger charge is 2.69. The Morgan fingerprint density at radius 1 is 1.00 bits per heavy atom.